The van der Waals surface area contributed by atoms with Crippen LogP contribution in [0.5, 0.6) is 0 Å². The summed E-state index contributed by atoms with van der Waals surface area (Å²) in [6, 6.07) is 10.1. The Hall–Kier alpha value is -2.95. The van der Waals surface area contributed by atoms with E-state index in [0.717, 1.165) is 72.3 Å². The second-order valence-corrected chi connectivity index (χ2v) is 8.94. The number of nitrogens with zero attached hydrogens (tertiary/aromatic N) is 4. The first kappa shape index (κ1) is 24.2. The number of ether oxygens (including phenoxy) is 1. The summed E-state index contributed by atoms with van der Waals surface area (Å²) in [5.41, 5.74) is 11.0. The highest BCUT2D eigenvalue weighted by Gasteiger charge is 2.24. The number of likely N-dealkylation sites (tertiary alicyclic amines) is 1. The van der Waals surface area contributed by atoms with Gasteiger partial charge in [-0.3, -0.25) is 4.90 Å². The molecule has 3 heterocycles. The molecule has 34 heavy (non-hydrogen) atoms. The van der Waals surface area contributed by atoms with Crippen LogP contribution in [0.25, 0.3) is 11.0 Å². The molecule has 0 radical (unpaired) electrons. The van der Waals surface area contributed by atoms with E-state index in [9.17, 15) is 4.39 Å². The zero-order chi connectivity index (χ0) is 23.9. The van der Waals surface area contributed by atoms with E-state index < -0.39 is 6.17 Å². The van der Waals surface area contributed by atoms with Crippen molar-refractivity contribution in [1.29, 1.82) is 0 Å². The fourth-order valence-electron chi connectivity index (χ4n) is 4.25. The predicted octanol–water partition coefficient (Wildman–Crippen LogP) is 4.62. The van der Waals surface area contributed by atoms with Gasteiger partial charge in [0.2, 0.25) is 0 Å². The van der Waals surface area contributed by atoms with Gasteiger partial charge in [0.1, 0.15) is 29.8 Å². The number of nitrogen functional groups attached to an aromatic ring is 1. The maximum Gasteiger partial charge on any atom is 0.151 e. The largest absolute Gasteiger partial charge is 0.382 e. The minimum Gasteiger partial charge on any atom is -0.382 e. The van der Waals surface area contributed by atoms with Crippen LogP contribution in [0.15, 0.2) is 30.3 Å². The molecule has 0 spiro atoms. The molecular formula is C27H34FN5O. The summed E-state index contributed by atoms with van der Waals surface area (Å²) in [6.07, 6.45) is 3.91. The van der Waals surface area contributed by atoms with Crippen molar-refractivity contribution in [2.24, 2.45) is 0 Å². The number of halogens is 1. The molecule has 1 saturated heterocycles. The molecule has 3 aromatic rings. The van der Waals surface area contributed by atoms with Gasteiger partial charge in [0.25, 0.3) is 0 Å². The van der Waals surface area contributed by atoms with Gasteiger partial charge in [-0.25, -0.2) is 14.4 Å². The van der Waals surface area contributed by atoms with Gasteiger partial charge >= 0.3 is 0 Å². The molecule has 1 aliphatic heterocycles. The molecule has 2 N–H and O–H groups in total. The number of rotatable bonds is 10. The van der Waals surface area contributed by atoms with Gasteiger partial charge in [0, 0.05) is 31.6 Å². The summed E-state index contributed by atoms with van der Waals surface area (Å²) >= 11 is 0. The third-order valence-electron chi connectivity index (χ3n) is 6.22. The van der Waals surface area contributed by atoms with Crippen LogP contribution < -0.4 is 5.73 Å². The van der Waals surface area contributed by atoms with Crippen molar-refractivity contribution in [2.75, 3.05) is 25.4 Å². The van der Waals surface area contributed by atoms with Gasteiger partial charge in [-0.1, -0.05) is 55.5 Å². The summed E-state index contributed by atoms with van der Waals surface area (Å²) in [5.74, 6) is 7.88. The van der Waals surface area contributed by atoms with Crippen LogP contribution in [0.3, 0.4) is 0 Å². The number of aromatic nitrogens is 3. The lowest BCUT2D eigenvalue weighted by Crippen LogP contribution is -2.48. The van der Waals surface area contributed by atoms with Crippen molar-refractivity contribution >= 4 is 16.9 Å². The summed E-state index contributed by atoms with van der Waals surface area (Å²) in [5, 5.41) is 0. The van der Waals surface area contributed by atoms with E-state index in [1.807, 2.05) is 41.8 Å². The Morgan fingerprint density at radius 1 is 1.18 bits per heavy atom. The lowest BCUT2D eigenvalue weighted by molar-refractivity contribution is 0.0653. The maximum absolute atomic E-state index is 13.0. The molecule has 7 heteroatoms. The highest BCUT2D eigenvalue weighted by atomic mass is 19.1. The molecule has 2 aromatic heterocycles. The fourth-order valence-corrected chi connectivity index (χ4v) is 4.25. The third-order valence-corrected chi connectivity index (χ3v) is 6.22. The first-order valence-electron chi connectivity index (χ1n) is 12.2. The smallest absolute Gasteiger partial charge is 0.151 e. The first-order chi connectivity index (χ1) is 16.6. The molecule has 1 aliphatic rings. The van der Waals surface area contributed by atoms with Crippen molar-refractivity contribution in [3.05, 3.63) is 53.0 Å². The molecule has 1 aromatic carbocycles. The quantitative estimate of drug-likeness (QED) is 0.351. The standard InChI is InChI=1S/C27H34FN5O/c1-3-4-14-24-30-25-23(13-9-6-10-15-32-16-22(28)17-32)20(2)33(26(25)27(29)31-24)19-34-18-21-11-7-5-8-12-21/h5,7-8,11-12,22H,3-4,6,10,14-19H2,1-2H3,(H2,29,30,31). The van der Waals surface area contributed by atoms with Gasteiger partial charge in [-0.2, -0.15) is 0 Å². The molecule has 0 bridgehead atoms. The van der Waals surface area contributed by atoms with E-state index in [2.05, 4.69) is 28.6 Å². The Kier molecular flexibility index (Phi) is 8.15. The molecule has 0 saturated carbocycles. The number of alkyl halides is 1. The molecule has 4 rings (SSSR count). The molecular weight excluding hydrogens is 429 g/mol. The zero-order valence-electron chi connectivity index (χ0n) is 20.2. The van der Waals surface area contributed by atoms with Crippen molar-refractivity contribution in [1.82, 2.24) is 19.4 Å². The predicted molar refractivity (Wildman–Crippen MR) is 134 cm³/mol. The molecule has 180 valence electrons. The van der Waals surface area contributed by atoms with Crippen LogP contribution in [0, 0.1) is 18.8 Å². The number of hydrogen-bond acceptors (Lipinski definition) is 5. The Labute approximate surface area is 201 Å². The highest BCUT2D eigenvalue weighted by Crippen LogP contribution is 2.28. The number of anilines is 1. The SMILES string of the molecule is CCCCc1nc(N)c2c(n1)c(C#CCCCN1CC(F)C1)c(C)n2COCc1ccccc1. The van der Waals surface area contributed by atoms with E-state index in [1.54, 1.807) is 0 Å². The number of benzene rings is 1. The van der Waals surface area contributed by atoms with Gasteiger partial charge in [0.05, 0.1) is 12.2 Å². The van der Waals surface area contributed by atoms with Gasteiger partial charge in [0.15, 0.2) is 5.82 Å². The second kappa shape index (κ2) is 11.5. The second-order valence-electron chi connectivity index (χ2n) is 8.94. The van der Waals surface area contributed by atoms with E-state index in [0.29, 0.717) is 32.2 Å². The number of hydrogen-bond donors (Lipinski definition) is 1. The number of aryl methyl sites for hydroxylation is 1. The molecule has 0 unspecified atom stereocenters. The van der Waals surface area contributed by atoms with Crippen LogP contribution in [0.2, 0.25) is 0 Å². The summed E-state index contributed by atoms with van der Waals surface area (Å²) < 4.78 is 21.0. The Morgan fingerprint density at radius 3 is 2.71 bits per heavy atom. The Bertz CT molecular complexity index is 1160. The number of fused-ring (bicyclic) bond motifs is 1. The van der Waals surface area contributed by atoms with E-state index in [4.69, 9.17) is 15.5 Å². The molecule has 0 aliphatic carbocycles. The average Bonchev–Trinajstić information content (AvgIpc) is 3.08. The van der Waals surface area contributed by atoms with Crippen molar-refractivity contribution < 1.29 is 9.13 Å². The van der Waals surface area contributed by atoms with E-state index in [1.165, 1.54) is 0 Å². The average molecular weight is 464 g/mol. The summed E-state index contributed by atoms with van der Waals surface area (Å²) in [4.78, 5) is 11.6. The minimum absolute atomic E-state index is 0.347. The molecule has 6 nitrogen and oxygen atoms in total. The Morgan fingerprint density at radius 2 is 1.97 bits per heavy atom. The van der Waals surface area contributed by atoms with Crippen LogP contribution in [-0.2, 0) is 24.5 Å². The van der Waals surface area contributed by atoms with Crippen LogP contribution in [0.4, 0.5) is 10.2 Å². The zero-order valence-corrected chi connectivity index (χ0v) is 20.2. The van der Waals surface area contributed by atoms with Crippen molar-refractivity contribution in [3.8, 4) is 11.8 Å². The van der Waals surface area contributed by atoms with E-state index in [-0.39, 0.29) is 0 Å². The van der Waals surface area contributed by atoms with Crippen LogP contribution in [0.1, 0.15) is 55.3 Å². The number of nitrogens with two attached hydrogens (primary N) is 1. The van der Waals surface area contributed by atoms with Gasteiger partial charge in [-0.05, 0) is 31.9 Å². The topological polar surface area (TPSA) is 69.2 Å². The number of unbranched alkanes of at least 4 members (excludes halogenated alkanes) is 2. The van der Waals surface area contributed by atoms with Crippen LogP contribution >= 0.6 is 0 Å². The lowest BCUT2D eigenvalue weighted by atomic mass is 10.1. The molecule has 0 amide bonds. The summed E-state index contributed by atoms with van der Waals surface area (Å²) in [7, 11) is 0. The maximum atomic E-state index is 13.0. The normalized spacial score (nSPS) is 14.2. The van der Waals surface area contributed by atoms with Crippen LogP contribution in [-0.4, -0.2) is 45.2 Å². The van der Waals surface area contributed by atoms with E-state index >= 15 is 0 Å². The lowest BCUT2D eigenvalue weighted by Gasteiger charge is -2.33. The summed E-state index contributed by atoms with van der Waals surface area (Å²) in [6.45, 7) is 7.03. The van der Waals surface area contributed by atoms with Crippen molar-refractivity contribution in [2.45, 2.75) is 65.5 Å². The Balaban J connectivity index is 1.55. The van der Waals surface area contributed by atoms with Gasteiger partial charge < -0.3 is 15.0 Å². The first-order valence-corrected chi connectivity index (χ1v) is 12.2. The molecule has 1 fully saturated rings. The van der Waals surface area contributed by atoms with Gasteiger partial charge in [-0.15, -0.1) is 0 Å². The third kappa shape index (κ3) is 5.75. The minimum atomic E-state index is -0.656. The fraction of sp³-hybridized carbons (Fsp3) is 0.481. The highest BCUT2D eigenvalue weighted by molar-refractivity contribution is 5.91. The molecule has 0 atom stereocenters. The van der Waals surface area contributed by atoms with Crippen molar-refractivity contribution in [3.63, 3.8) is 0 Å². The monoisotopic (exact) mass is 463 g/mol.